The SMILES string of the molecule is Cc1cc(C)cc(NCc2cc(O)cc(F)c2)c1. The topological polar surface area (TPSA) is 32.3 Å². The Morgan fingerprint density at radius 3 is 2.28 bits per heavy atom. The molecule has 0 radical (unpaired) electrons. The van der Waals surface area contributed by atoms with Crippen molar-refractivity contribution in [1.82, 2.24) is 0 Å². The Balaban J connectivity index is 2.11. The van der Waals surface area contributed by atoms with Crippen LogP contribution in [-0.4, -0.2) is 5.11 Å². The maximum Gasteiger partial charge on any atom is 0.127 e. The molecule has 2 N–H and O–H groups in total. The van der Waals surface area contributed by atoms with E-state index in [1.54, 1.807) is 6.07 Å². The highest BCUT2D eigenvalue weighted by Gasteiger charge is 2.01. The summed E-state index contributed by atoms with van der Waals surface area (Å²) in [6.07, 6.45) is 0. The predicted octanol–water partition coefficient (Wildman–Crippen LogP) is 3.76. The molecule has 0 saturated heterocycles. The molecule has 0 unspecified atom stereocenters. The quantitative estimate of drug-likeness (QED) is 0.863. The van der Waals surface area contributed by atoms with Crippen molar-refractivity contribution >= 4 is 5.69 Å². The molecule has 0 bridgehead atoms. The Morgan fingerprint density at radius 2 is 1.67 bits per heavy atom. The number of aromatic hydroxyl groups is 1. The molecule has 0 aliphatic rings. The largest absolute Gasteiger partial charge is 0.508 e. The van der Waals surface area contributed by atoms with Gasteiger partial charge in [0.15, 0.2) is 0 Å². The van der Waals surface area contributed by atoms with Crippen LogP contribution in [0.25, 0.3) is 0 Å². The summed E-state index contributed by atoms with van der Waals surface area (Å²) in [7, 11) is 0. The van der Waals surface area contributed by atoms with Crippen molar-refractivity contribution in [2.75, 3.05) is 5.32 Å². The van der Waals surface area contributed by atoms with Crippen LogP contribution in [0.15, 0.2) is 36.4 Å². The van der Waals surface area contributed by atoms with Crippen molar-refractivity contribution in [3.63, 3.8) is 0 Å². The minimum Gasteiger partial charge on any atom is -0.508 e. The van der Waals surface area contributed by atoms with Gasteiger partial charge < -0.3 is 10.4 Å². The summed E-state index contributed by atoms with van der Waals surface area (Å²) in [6, 6.07) is 10.2. The number of halogens is 1. The fourth-order valence-corrected chi connectivity index (χ4v) is 2.02. The van der Waals surface area contributed by atoms with Crippen LogP contribution in [-0.2, 0) is 6.54 Å². The molecule has 0 spiro atoms. The van der Waals surface area contributed by atoms with Gasteiger partial charge in [0.2, 0.25) is 0 Å². The van der Waals surface area contributed by atoms with Gasteiger partial charge in [-0.3, -0.25) is 0 Å². The zero-order valence-electron chi connectivity index (χ0n) is 10.5. The average molecular weight is 245 g/mol. The van der Waals surface area contributed by atoms with Gasteiger partial charge in [-0.2, -0.15) is 0 Å². The highest BCUT2D eigenvalue weighted by molar-refractivity contribution is 5.49. The summed E-state index contributed by atoms with van der Waals surface area (Å²) in [4.78, 5) is 0. The molecule has 18 heavy (non-hydrogen) atoms. The number of aryl methyl sites for hydroxylation is 2. The molecule has 0 aliphatic heterocycles. The first-order valence-electron chi connectivity index (χ1n) is 5.83. The first kappa shape index (κ1) is 12.4. The van der Waals surface area contributed by atoms with Crippen molar-refractivity contribution in [1.29, 1.82) is 0 Å². The summed E-state index contributed by atoms with van der Waals surface area (Å²) in [6.45, 7) is 4.55. The highest BCUT2D eigenvalue weighted by Crippen LogP contribution is 2.18. The lowest BCUT2D eigenvalue weighted by atomic mass is 10.1. The second kappa shape index (κ2) is 5.08. The third kappa shape index (κ3) is 3.23. The van der Waals surface area contributed by atoms with Crippen molar-refractivity contribution in [2.24, 2.45) is 0 Å². The highest BCUT2D eigenvalue weighted by atomic mass is 19.1. The van der Waals surface area contributed by atoms with Gasteiger partial charge in [0.1, 0.15) is 11.6 Å². The molecular formula is C15H16FNO. The molecule has 2 rings (SSSR count). The number of hydrogen-bond acceptors (Lipinski definition) is 2. The number of phenolic OH excluding ortho intramolecular Hbond substituents is 1. The van der Waals surface area contributed by atoms with Gasteiger partial charge in [-0.15, -0.1) is 0 Å². The lowest BCUT2D eigenvalue weighted by molar-refractivity contribution is 0.468. The molecule has 94 valence electrons. The monoisotopic (exact) mass is 245 g/mol. The van der Waals surface area contributed by atoms with Crippen LogP contribution in [0.5, 0.6) is 5.75 Å². The fourth-order valence-electron chi connectivity index (χ4n) is 2.02. The van der Waals surface area contributed by atoms with Gasteiger partial charge in [0, 0.05) is 18.3 Å². The van der Waals surface area contributed by atoms with Crippen LogP contribution in [0, 0.1) is 19.7 Å². The first-order chi connectivity index (χ1) is 8.52. The number of nitrogens with one attached hydrogen (secondary N) is 1. The normalized spacial score (nSPS) is 10.4. The van der Waals surface area contributed by atoms with E-state index in [-0.39, 0.29) is 5.75 Å². The van der Waals surface area contributed by atoms with Gasteiger partial charge in [-0.25, -0.2) is 4.39 Å². The minimum absolute atomic E-state index is 0.0489. The second-order valence-electron chi connectivity index (χ2n) is 4.55. The van der Waals surface area contributed by atoms with Crippen molar-refractivity contribution in [3.8, 4) is 5.75 Å². The van der Waals surface area contributed by atoms with Gasteiger partial charge in [-0.1, -0.05) is 6.07 Å². The van der Waals surface area contributed by atoms with Crippen LogP contribution in [0.4, 0.5) is 10.1 Å². The number of anilines is 1. The van der Waals surface area contributed by atoms with E-state index in [0.717, 1.165) is 11.8 Å². The van der Waals surface area contributed by atoms with Crippen molar-refractivity contribution in [2.45, 2.75) is 20.4 Å². The Morgan fingerprint density at radius 1 is 1.00 bits per heavy atom. The van der Waals surface area contributed by atoms with Crippen LogP contribution in [0.2, 0.25) is 0 Å². The molecule has 2 aromatic carbocycles. The van der Waals surface area contributed by atoms with E-state index in [9.17, 15) is 9.50 Å². The summed E-state index contributed by atoms with van der Waals surface area (Å²) in [5, 5.41) is 12.5. The number of benzene rings is 2. The Kier molecular flexibility index (Phi) is 3.51. The summed E-state index contributed by atoms with van der Waals surface area (Å²) < 4.78 is 13.1. The summed E-state index contributed by atoms with van der Waals surface area (Å²) in [5.41, 5.74) is 4.07. The molecule has 0 heterocycles. The molecule has 0 aromatic heterocycles. The third-order valence-electron chi connectivity index (χ3n) is 2.66. The van der Waals surface area contributed by atoms with Gasteiger partial charge in [-0.05, 0) is 54.8 Å². The molecule has 2 nitrogen and oxygen atoms in total. The fraction of sp³-hybridized carbons (Fsp3) is 0.200. The van der Waals surface area contributed by atoms with E-state index < -0.39 is 5.82 Å². The smallest absolute Gasteiger partial charge is 0.127 e. The lowest BCUT2D eigenvalue weighted by Gasteiger charge is -2.09. The van der Waals surface area contributed by atoms with E-state index in [4.69, 9.17) is 0 Å². The van der Waals surface area contributed by atoms with Gasteiger partial charge in [0.25, 0.3) is 0 Å². The predicted molar refractivity (Wildman–Crippen MR) is 71.3 cm³/mol. The van der Waals surface area contributed by atoms with Gasteiger partial charge >= 0.3 is 0 Å². The van der Waals surface area contributed by atoms with Crippen molar-refractivity contribution in [3.05, 3.63) is 58.9 Å². The van der Waals surface area contributed by atoms with E-state index in [1.165, 1.54) is 17.2 Å². The Hall–Kier alpha value is -2.03. The molecule has 2 aromatic rings. The maximum absolute atomic E-state index is 13.1. The Labute approximate surface area is 106 Å². The number of phenols is 1. The zero-order valence-corrected chi connectivity index (χ0v) is 10.5. The lowest BCUT2D eigenvalue weighted by Crippen LogP contribution is -2.00. The summed E-state index contributed by atoms with van der Waals surface area (Å²) in [5.74, 6) is -0.473. The van der Waals surface area contributed by atoms with E-state index in [0.29, 0.717) is 12.1 Å². The third-order valence-corrected chi connectivity index (χ3v) is 2.66. The van der Waals surface area contributed by atoms with Crippen LogP contribution >= 0.6 is 0 Å². The summed E-state index contributed by atoms with van der Waals surface area (Å²) >= 11 is 0. The van der Waals surface area contributed by atoms with Gasteiger partial charge in [0.05, 0.1) is 0 Å². The average Bonchev–Trinajstić information content (AvgIpc) is 2.23. The number of rotatable bonds is 3. The maximum atomic E-state index is 13.1. The zero-order chi connectivity index (χ0) is 13.1. The minimum atomic E-state index is -0.424. The molecular weight excluding hydrogens is 229 g/mol. The van der Waals surface area contributed by atoms with E-state index >= 15 is 0 Å². The molecule has 0 amide bonds. The van der Waals surface area contributed by atoms with Crippen LogP contribution < -0.4 is 5.32 Å². The standard InChI is InChI=1S/C15H16FNO/c1-10-3-11(2)5-14(4-10)17-9-12-6-13(16)8-15(18)7-12/h3-8,17-18H,9H2,1-2H3. The first-order valence-corrected chi connectivity index (χ1v) is 5.83. The van der Waals surface area contributed by atoms with E-state index in [2.05, 4.69) is 11.4 Å². The van der Waals surface area contributed by atoms with Crippen LogP contribution in [0.1, 0.15) is 16.7 Å². The van der Waals surface area contributed by atoms with E-state index in [1.807, 2.05) is 26.0 Å². The molecule has 0 saturated carbocycles. The molecule has 0 atom stereocenters. The van der Waals surface area contributed by atoms with Crippen molar-refractivity contribution < 1.29 is 9.50 Å². The Bertz CT molecular complexity index is 474. The second-order valence-corrected chi connectivity index (χ2v) is 4.55. The number of hydrogen-bond donors (Lipinski definition) is 2. The molecule has 0 fully saturated rings. The molecule has 0 aliphatic carbocycles. The molecule has 3 heteroatoms. The van der Waals surface area contributed by atoms with Crippen LogP contribution in [0.3, 0.4) is 0 Å².